The van der Waals surface area contributed by atoms with E-state index < -0.39 is 38.4 Å². The summed E-state index contributed by atoms with van der Waals surface area (Å²) in [6.07, 6.45) is -4.79. The number of sulfone groups is 1. The van der Waals surface area contributed by atoms with E-state index in [0.717, 1.165) is 24.3 Å². The second kappa shape index (κ2) is 9.91. The molecule has 12 heteroatoms. The molecule has 0 atom stereocenters. The number of alkyl halides is 3. The van der Waals surface area contributed by atoms with Crippen LogP contribution in [0.3, 0.4) is 0 Å². The molecule has 0 spiro atoms. The van der Waals surface area contributed by atoms with E-state index in [1.54, 1.807) is 0 Å². The number of nitrogens with one attached hydrogen (secondary N) is 1. The van der Waals surface area contributed by atoms with Crippen molar-refractivity contribution in [2.24, 2.45) is 10.7 Å². The molecule has 0 amide bonds. The zero-order chi connectivity index (χ0) is 20.1. The highest BCUT2D eigenvalue weighted by atomic mass is 127. The summed E-state index contributed by atoms with van der Waals surface area (Å²) in [6, 6.07) is 9.68. The fourth-order valence-corrected chi connectivity index (χ4v) is 3.22. The summed E-state index contributed by atoms with van der Waals surface area (Å²) in [7, 11) is -3.87. The number of nitrogens with zero attached hydrogens (tertiary/aromatic N) is 1. The summed E-state index contributed by atoms with van der Waals surface area (Å²) >= 11 is 0. The van der Waals surface area contributed by atoms with Crippen LogP contribution in [0.1, 0.15) is 0 Å². The second-order valence-corrected chi connectivity index (χ2v) is 7.29. The van der Waals surface area contributed by atoms with Gasteiger partial charge in [-0.05, 0) is 36.4 Å². The largest absolute Gasteiger partial charge is 0.573 e. The lowest BCUT2D eigenvalue weighted by molar-refractivity contribution is -0.274. The lowest BCUT2D eigenvalue weighted by atomic mass is 10.3. The van der Waals surface area contributed by atoms with Crippen LogP contribution in [0.25, 0.3) is 0 Å². The molecule has 154 valence electrons. The quantitative estimate of drug-likeness (QED) is 0.257. The summed E-state index contributed by atoms with van der Waals surface area (Å²) in [5.41, 5.74) is 5.92. The van der Waals surface area contributed by atoms with Gasteiger partial charge in [0.15, 0.2) is 15.8 Å². The van der Waals surface area contributed by atoms with Gasteiger partial charge in [0.25, 0.3) is 0 Å². The Balaban J connectivity index is 0.00000392. The van der Waals surface area contributed by atoms with Crippen LogP contribution >= 0.6 is 24.0 Å². The number of aliphatic imine (C=N–C) groups is 1. The van der Waals surface area contributed by atoms with Crippen molar-refractivity contribution in [3.63, 3.8) is 0 Å². The van der Waals surface area contributed by atoms with Crippen molar-refractivity contribution >= 4 is 45.5 Å². The van der Waals surface area contributed by atoms with Gasteiger partial charge in [0.2, 0.25) is 0 Å². The molecule has 0 bridgehead atoms. The third-order valence-corrected chi connectivity index (χ3v) is 4.90. The maximum Gasteiger partial charge on any atom is 0.573 e. The molecule has 0 saturated heterocycles. The molecule has 0 fully saturated rings. The molecule has 3 N–H and O–H groups in total. The minimum atomic E-state index is -4.79. The Morgan fingerprint density at radius 3 is 2.29 bits per heavy atom. The fraction of sp³-hybridized carbons (Fsp3) is 0.188. The Kier molecular flexibility index (Phi) is 8.48. The van der Waals surface area contributed by atoms with Gasteiger partial charge in [-0.1, -0.05) is 12.1 Å². The molecule has 28 heavy (non-hydrogen) atoms. The van der Waals surface area contributed by atoms with Gasteiger partial charge in [0.05, 0.1) is 12.3 Å². The molecule has 0 saturated carbocycles. The fourth-order valence-electron chi connectivity index (χ4n) is 2.02. The van der Waals surface area contributed by atoms with Gasteiger partial charge in [0.1, 0.15) is 16.5 Å². The van der Waals surface area contributed by atoms with Crippen LogP contribution in [-0.2, 0) is 9.84 Å². The molecule has 2 aromatic rings. The molecule has 0 aliphatic rings. The predicted octanol–water partition coefficient (Wildman–Crippen LogP) is 3.54. The molecule has 0 radical (unpaired) electrons. The SMILES string of the molecule is I.NC(=NCCS(=O)(=O)c1ccccc1F)Nc1ccc(OC(F)(F)F)cc1. The second-order valence-electron chi connectivity index (χ2n) is 5.21. The van der Waals surface area contributed by atoms with E-state index in [1.807, 2.05) is 0 Å². The van der Waals surface area contributed by atoms with E-state index in [2.05, 4.69) is 15.0 Å². The van der Waals surface area contributed by atoms with Crippen molar-refractivity contribution in [2.75, 3.05) is 17.6 Å². The van der Waals surface area contributed by atoms with Crippen LogP contribution in [0.15, 0.2) is 58.4 Å². The van der Waals surface area contributed by atoms with Crippen molar-refractivity contribution in [1.29, 1.82) is 0 Å². The summed E-state index contributed by atoms with van der Waals surface area (Å²) in [4.78, 5) is 3.39. The number of benzene rings is 2. The molecule has 0 aromatic heterocycles. The van der Waals surface area contributed by atoms with Crippen LogP contribution in [0.4, 0.5) is 23.2 Å². The normalized spacial score (nSPS) is 12.2. The van der Waals surface area contributed by atoms with Crippen molar-refractivity contribution in [3.8, 4) is 5.75 Å². The van der Waals surface area contributed by atoms with Crippen LogP contribution < -0.4 is 15.8 Å². The molecule has 0 aliphatic carbocycles. The number of rotatable bonds is 6. The molecule has 6 nitrogen and oxygen atoms in total. The van der Waals surface area contributed by atoms with Gasteiger partial charge < -0.3 is 15.8 Å². The monoisotopic (exact) mass is 533 g/mol. The van der Waals surface area contributed by atoms with Crippen molar-refractivity contribution < 1.29 is 30.7 Å². The summed E-state index contributed by atoms with van der Waals surface area (Å²) in [5, 5.41) is 2.59. The first kappa shape index (κ1) is 23.9. The Morgan fingerprint density at radius 2 is 1.71 bits per heavy atom. The minimum absolute atomic E-state index is 0. The molecule has 2 aromatic carbocycles. The zero-order valence-electron chi connectivity index (χ0n) is 14.1. The molecular weight excluding hydrogens is 517 g/mol. The van der Waals surface area contributed by atoms with E-state index in [-0.39, 0.29) is 36.5 Å². The Labute approximate surface area is 175 Å². The van der Waals surface area contributed by atoms with E-state index >= 15 is 0 Å². The van der Waals surface area contributed by atoms with Gasteiger partial charge in [-0.3, -0.25) is 4.99 Å². The van der Waals surface area contributed by atoms with Gasteiger partial charge in [0, 0.05) is 5.69 Å². The number of anilines is 1. The summed E-state index contributed by atoms with van der Waals surface area (Å²) in [6.45, 7) is -0.231. The third-order valence-electron chi connectivity index (χ3n) is 3.17. The van der Waals surface area contributed by atoms with Crippen molar-refractivity contribution in [3.05, 3.63) is 54.3 Å². The summed E-state index contributed by atoms with van der Waals surface area (Å²) < 4.78 is 77.7. The maximum absolute atomic E-state index is 13.6. The lowest BCUT2D eigenvalue weighted by Gasteiger charge is -2.10. The highest BCUT2D eigenvalue weighted by Gasteiger charge is 2.30. The van der Waals surface area contributed by atoms with Gasteiger partial charge >= 0.3 is 6.36 Å². The number of hydrogen-bond donors (Lipinski definition) is 2. The van der Waals surface area contributed by atoms with E-state index in [9.17, 15) is 26.0 Å². The molecular formula is C16H16F4IN3O3S. The molecule has 2 rings (SSSR count). The van der Waals surface area contributed by atoms with Crippen molar-refractivity contribution in [2.45, 2.75) is 11.3 Å². The predicted molar refractivity (Wildman–Crippen MR) is 107 cm³/mol. The van der Waals surface area contributed by atoms with E-state index in [4.69, 9.17) is 5.73 Å². The Bertz CT molecular complexity index is 919. The number of ether oxygens (including phenoxy) is 1. The highest BCUT2D eigenvalue weighted by Crippen LogP contribution is 2.23. The number of hydrogen-bond acceptors (Lipinski definition) is 4. The smallest absolute Gasteiger partial charge is 0.406 e. The highest BCUT2D eigenvalue weighted by molar-refractivity contribution is 14.0. The Morgan fingerprint density at radius 1 is 1.11 bits per heavy atom. The van der Waals surface area contributed by atoms with Crippen LogP contribution in [0, 0.1) is 5.82 Å². The van der Waals surface area contributed by atoms with Crippen LogP contribution in [0.2, 0.25) is 0 Å². The average Bonchev–Trinajstić information content (AvgIpc) is 2.55. The third kappa shape index (κ3) is 7.50. The van der Waals surface area contributed by atoms with Gasteiger partial charge in [-0.25, -0.2) is 12.8 Å². The van der Waals surface area contributed by atoms with Crippen LogP contribution in [0.5, 0.6) is 5.75 Å². The lowest BCUT2D eigenvalue weighted by Crippen LogP contribution is -2.24. The van der Waals surface area contributed by atoms with Crippen molar-refractivity contribution in [1.82, 2.24) is 0 Å². The molecule has 0 unspecified atom stereocenters. The molecule has 0 heterocycles. The summed E-state index contributed by atoms with van der Waals surface area (Å²) in [5.74, 6) is -1.87. The van der Waals surface area contributed by atoms with Gasteiger partial charge in [-0.2, -0.15) is 0 Å². The zero-order valence-corrected chi connectivity index (χ0v) is 17.3. The first-order valence-corrected chi connectivity index (χ1v) is 9.12. The first-order valence-electron chi connectivity index (χ1n) is 7.47. The molecule has 0 aliphatic heterocycles. The first-order chi connectivity index (χ1) is 12.6. The standard InChI is InChI=1S/C16H15F4N3O3S.HI/c17-13-3-1-2-4-14(13)27(24,25)10-9-22-15(21)23-11-5-7-12(8-6-11)26-16(18,19)20;/h1-8H,9-10H2,(H3,21,22,23);1H. The average molecular weight is 533 g/mol. The number of halogens is 5. The van der Waals surface area contributed by atoms with Crippen LogP contribution in [-0.4, -0.2) is 33.0 Å². The van der Waals surface area contributed by atoms with Gasteiger partial charge in [-0.15, -0.1) is 37.1 Å². The Hall–Kier alpha value is -2.09. The topological polar surface area (TPSA) is 93.8 Å². The van der Waals surface area contributed by atoms with E-state index in [0.29, 0.717) is 5.69 Å². The van der Waals surface area contributed by atoms with E-state index in [1.165, 1.54) is 24.3 Å². The number of guanidine groups is 1. The number of nitrogens with two attached hydrogens (primary N) is 1. The maximum atomic E-state index is 13.6. The minimum Gasteiger partial charge on any atom is -0.406 e.